The van der Waals surface area contributed by atoms with Crippen LogP contribution in [0, 0.1) is 28.6 Å². The smallest absolute Gasteiger partial charge is 0.333 e. The zero-order valence-corrected chi connectivity index (χ0v) is 20.0. The van der Waals surface area contributed by atoms with E-state index in [1.165, 1.54) is 32.1 Å². The molecular weight excluding hydrogens is 376 g/mol. The van der Waals surface area contributed by atoms with Gasteiger partial charge < -0.3 is 9.47 Å². The van der Waals surface area contributed by atoms with Gasteiger partial charge in [0, 0.05) is 5.57 Å². The van der Waals surface area contributed by atoms with Crippen LogP contribution in [-0.2, 0) is 19.1 Å². The normalized spacial score (nSPS) is 35.7. The van der Waals surface area contributed by atoms with Gasteiger partial charge in [0.25, 0.3) is 0 Å². The second-order valence-corrected chi connectivity index (χ2v) is 11.7. The molecule has 0 aromatic carbocycles. The first-order valence-corrected chi connectivity index (χ1v) is 12.0. The standard InChI is InChI=1S/C26H42O4/c1-8-9-10-26(20-11-19-12-21(26)16-25(7,14-19)15-20)30-23(28)24(5,6)13-18(4)29-22(27)17(2)3/h18-21H,2,8-16H2,1,3-7H3. The third-order valence-electron chi connectivity index (χ3n) is 8.09. The highest BCUT2D eigenvalue weighted by Crippen LogP contribution is 2.65. The molecule has 4 fully saturated rings. The van der Waals surface area contributed by atoms with Crippen molar-refractivity contribution in [2.75, 3.05) is 0 Å². The zero-order valence-electron chi connectivity index (χ0n) is 20.0. The Morgan fingerprint density at radius 2 is 1.77 bits per heavy atom. The number of hydrogen-bond donors (Lipinski definition) is 0. The quantitative estimate of drug-likeness (QED) is 0.329. The van der Waals surface area contributed by atoms with Gasteiger partial charge in [-0.3, -0.25) is 4.79 Å². The molecule has 4 bridgehead atoms. The number of hydrogen-bond acceptors (Lipinski definition) is 4. The molecule has 170 valence electrons. The van der Waals surface area contributed by atoms with Crippen molar-refractivity contribution in [3.8, 4) is 0 Å². The van der Waals surface area contributed by atoms with Crippen molar-refractivity contribution in [1.82, 2.24) is 0 Å². The van der Waals surface area contributed by atoms with Gasteiger partial charge in [0.05, 0.1) is 5.41 Å². The van der Waals surface area contributed by atoms with Crippen molar-refractivity contribution in [2.45, 2.75) is 111 Å². The molecule has 0 saturated heterocycles. The van der Waals surface area contributed by atoms with E-state index in [-0.39, 0.29) is 17.7 Å². The van der Waals surface area contributed by atoms with E-state index in [0.29, 0.717) is 29.2 Å². The minimum absolute atomic E-state index is 0.130. The summed E-state index contributed by atoms with van der Waals surface area (Å²) < 4.78 is 12.0. The van der Waals surface area contributed by atoms with Gasteiger partial charge in [-0.15, -0.1) is 0 Å². The fraction of sp³-hybridized carbons (Fsp3) is 0.846. The minimum Gasteiger partial charge on any atom is -0.459 e. The van der Waals surface area contributed by atoms with Gasteiger partial charge in [-0.2, -0.15) is 0 Å². The summed E-state index contributed by atoms with van der Waals surface area (Å²) >= 11 is 0. The van der Waals surface area contributed by atoms with Crippen LogP contribution in [0.1, 0.15) is 99.3 Å². The van der Waals surface area contributed by atoms with E-state index in [4.69, 9.17) is 9.47 Å². The number of unbranched alkanes of at least 4 members (excludes halogenated alkanes) is 1. The highest BCUT2D eigenvalue weighted by atomic mass is 16.6. The van der Waals surface area contributed by atoms with E-state index >= 15 is 0 Å². The van der Waals surface area contributed by atoms with Crippen molar-refractivity contribution in [3.63, 3.8) is 0 Å². The molecule has 4 nitrogen and oxygen atoms in total. The summed E-state index contributed by atoms with van der Waals surface area (Å²) in [5.41, 5.74) is -0.174. The third-order valence-corrected chi connectivity index (χ3v) is 8.09. The Morgan fingerprint density at radius 1 is 1.17 bits per heavy atom. The van der Waals surface area contributed by atoms with Crippen LogP contribution in [0.4, 0.5) is 0 Å². The number of ether oxygens (including phenoxy) is 2. The monoisotopic (exact) mass is 418 g/mol. The van der Waals surface area contributed by atoms with Crippen LogP contribution >= 0.6 is 0 Å². The lowest BCUT2D eigenvalue weighted by Crippen LogP contribution is -2.62. The maximum atomic E-state index is 13.5. The topological polar surface area (TPSA) is 52.6 Å². The van der Waals surface area contributed by atoms with Crippen molar-refractivity contribution in [3.05, 3.63) is 12.2 Å². The highest BCUT2D eigenvalue weighted by molar-refractivity contribution is 5.87. The summed E-state index contributed by atoms with van der Waals surface area (Å²) in [7, 11) is 0. The Morgan fingerprint density at radius 3 is 2.27 bits per heavy atom. The van der Waals surface area contributed by atoms with E-state index in [0.717, 1.165) is 25.2 Å². The molecule has 0 heterocycles. The Bertz CT molecular complexity index is 675. The number of esters is 2. The lowest BCUT2D eigenvalue weighted by atomic mass is 9.44. The highest BCUT2D eigenvalue weighted by Gasteiger charge is 2.62. The summed E-state index contributed by atoms with van der Waals surface area (Å²) in [5.74, 6) is 1.28. The lowest BCUT2D eigenvalue weighted by Gasteiger charge is -2.64. The maximum Gasteiger partial charge on any atom is 0.333 e. The van der Waals surface area contributed by atoms with Crippen molar-refractivity contribution >= 4 is 11.9 Å². The fourth-order valence-corrected chi connectivity index (χ4v) is 6.97. The maximum absolute atomic E-state index is 13.5. The Labute approximate surface area is 183 Å². The van der Waals surface area contributed by atoms with Crippen LogP contribution in [0.2, 0.25) is 0 Å². The largest absolute Gasteiger partial charge is 0.459 e. The van der Waals surface area contributed by atoms with Gasteiger partial charge >= 0.3 is 11.9 Å². The minimum atomic E-state index is -0.702. The number of rotatable bonds is 9. The Hall–Kier alpha value is -1.32. The summed E-state index contributed by atoms with van der Waals surface area (Å²) in [5, 5.41) is 0. The molecule has 0 aromatic heterocycles. The molecule has 0 radical (unpaired) electrons. The molecule has 3 unspecified atom stereocenters. The fourth-order valence-electron chi connectivity index (χ4n) is 6.97. The SMILES string of the molecule is C=C(C)C(=O)OC(C)CC(C)(C)C(=O)OC1(CCCC)C2CC3CC1CC(C)(C3)C2. The summed E-state index contributed by atoms with van der Waals surface area (Å²) in [4.78, 5) is 25.3. The van der Waals surface area contributed by atoms with Crippen LogP contribution in [0.15, 0.2) is 12.2 Å². The predicted octanol–water partition coefficient (Wildman–Crippen LogP) is 6.23. The van der Waals surface area contributed by atoms with Gasteiger partial charge in [-0.1, -0.05) is 26.8 Å². The number of carbonyl (C=O) groups excluding carboxylic acids is 2. The predicted molar refractivity (Wildman–Crippen MR) is 119 cm³/mol. The molecule has 0 aromatic rings. The lowest BCUT2D eigenvalue weighted by molar-refractivity contribution is -0.232. The summed E-state index contributed by atoms with van der Waals surface area (Å²) in [6.45, 7) is 15.6. The van der Waals surface area contributed by atoms with Crippen LogP contribution in [-0.4, -0.2) is 23.6 Å². The molecule has 4 heteroatoms. The molecule has 0 amide bonds. The first-order valence-electron chi connectivity index (χ1n) is 12.0. The zero-order chi connectivity index (χ0) is 22.3. The molecule has 30 heavy (non-hydrogen) atoms. The molecule has 4 aliphatic rings. The first-order chi connectivity index (χ1) is 13.9. The molecule has 4 saturated carbocycles. The molecule has 0 N–H and O–H groups in total. The molecule has 4 rings (SSSR count). The van der Waals surface area contributed by atoms with E-state index in [1.807, 2.05) is 20.8 Å². The van der Waals surface area contributed by atoms with E-state index in [9.17, 15) is 9.59 Å². The number of carbonyl (C=O) groups is 2. The van der Waals surface area contributed by atoms with Crippen LogP contribution in [0.25, 0.3) is 0 Å². The van der Waals surface area contributed by atoms with Gasteiger partial charge in [-0.25, -0.2) is 4.79 Å². The van der Waals surface area contributed by atoms with Crippen molar-refractivity contribution < 1.29 is 19.1 Å². The van der Waals surface area contributed by atoms with Crippen molar-refractivity contribution in [2.24, 2.45) is 28.6 Å². The Kier molecular flexibility index (Phi) is 6.47. The average Bonchev–Trinajstić information content (AvgIpc) is 2.61. The van der Waals surface area contributed by atoms with E-state index < -0.39 is 11.4 Å². The first kappa shape index (κ1) is 23.3. The molecule has 0 aliphatic heterocycles. The van der Waals surface area contributed by atoms with Crippen LogP contribution in [0.5, 0.6) is 0 Å². The second-order valence-electron chi connectivity index (χ2n) is 11.7. The van der Waals surface area contributed by atoms with E-state index in [1.54, 1.807) is 6.92 Å². The second kappa shape index (κ2) is 8.31. The third kappa shape index (κ3) is 4.48. The summed E-state index contributed by atoms with van der Waals surface area (Å²) in [6, 6.07) is 0. The van der Waals surface area contributed by atoms with Gasteiger partial charge in [0.15, 0.2) is 0 Å². The Balaban J connectivity index is 1.74. The van der Waals surface area contributed by atoms with E-state index in [2.05, 4.69) is 20.4 Å². The van der Waals surface area contributed by atoms with Crippen molar-refractivity contribution in [1.29, 1.82) is 0 Å². The molecule has 3 atom stereocenters. The summed E-state index contributed by atoms with van der Waals surface area (Å²) in [6.07, 6.45) is 9.50. The molecule has 4 aliphatic carbocycles. The van der Waals surface area contributed by atoms with Gasteiger partial charge in [0.1, 0.15) is 11.7 Å². The van der Waals surface area contributed by atoms with Gasteiger partial charge in [0.2, 0.25) is 0 Å². The molecule has 0 spiro atoms. The van der Waals surface area contributed by atoms with Gasteiger partial charge in [-0.05, 0) is 102 Å². The average molecular weight is 419 g/mol. The molecular formula is C26H42O4. The van der Waals surface area contributed by atoms with Crippen LogP contribution in [0.3, 0.4) is 0 Å². The van der Waals surface area contributed by atoms with Crippen LogP contribution < -0.4 is 0 Å².